The van der Waals surface area contributed by atoms with E-state index >= 15 is 0 Å². The number of ether oxygens (including phenoxy) is 1. The van der Waals surface area contributed by atoms with E-state index < -0.39 is 18.5 Å². The molecule has 8 nitrogen and oxygen atoms in total. The van der Waals surface area contributed by atoms with Crippen molar-refractivity contribution in [3.63, 3.8) is 0 Å². The highest BCUT2D eigenvalue weighted by molar-refractivity contribution is 5.82. The normalized spacial score (nSPS) is 19.7. The van der Waals surface area contributed by atoms with E-state index in [0.29, 0.717) is 19.3 Å². The van der Waals surface area contributed by atoms with Crippen LogP contribution in [0.4, 0.5) is 21.8 Å². The largest absolute Gasteiger partial charge is 0.369 e. The van der Waals surface area contributed by atoms with Gasteiger partial charge in [0.25, 0.3) is 5.56 Å². The Balaban J connectivity index is 2.39. The van der Waals surface area contributed by atoms with E-state index in [1.165, 1.54) is 9.80 Å². The predicted octanol–water partition coefficient (Wildman–Crippen LogP) is 0.249. The van der Waals surface area contributed by atoms with Crippen molar-refractivity contribution in [3.8, 4) is 12.3 Å². The molecule has 0 bridgehead atoms. The number of terminal acetylenes is 1. The predicted molar refractivity (Wildman–Crippen MR) is 88.4 cm³/mol. The summed E-state index contributed by atoms with van der Waals surface area (Å²) in [5.41, 5.74) is 5.21. The maximum absolute atomic E-state index is 12.5. The summed E-state index contributed by atoms with van der Waals surface area (Å²) in [6, 6.07) is 0. The van der Waals surface area contributed by atoms with Crippen LogP contribution in [0.5, 0.6) is 0 Å². The van der Waals surface area contributed by atoms with Crippen LogP contribution in [0.1, 0.15) is 19.3 Å². The monoisotopic (exact) mass is 337 g/mol. The summed E-state index contributed by atoms with van der Waals surface area (Å²) in [6.45, 7) is -0.352. The molecule has 1 saturated heterocycles. The Kier molecular flexibility index (Phi) is 5.76. The van der Waals surface area contributed by atoms with Gasteiger partial charge in [0.2, 0.25) is 12.4 Å². The highest BCUT2D eigenvalue weighted by Gasteiger charge is 2.33. The van der Waals surface area contributed by atoms with Crippen LogP contribution in [-0.2, 0) is 9.53 Å². The van der Waals surface area contributed by atoms with Crippen LogP contribution in [0.15, 0.2) is 4.79 Å². The molecule has 1 aliphatic heterocycles. The molecule has 2 rings (SSSR count). The van der Waals surface area contributed by atoms with Gasteiger partial charge in [0.1, 0.15) is 11.9 Å². The molecule has 0 aromatic carbocycles. The fraction of sp³-hybridized carbons (Fsp3) is 0.533. The van der Waals surface area contributed by atoms with Gasteiger partial charge >= 0.3 is 0 Å². The molecule has 1 aromatic heterocycles. The average molecular weight is 337 g/mol. The van der Waals surface area contributed by atoms with Crippen LogP contribution >= 0.6 is 0 Å². The van der Waals surface area contributed by atoms with Gasteiger partial charge in [-0.1, -0.05) is 5.92 Å². The third kappa shape index (κ3) is 3.65. The summed E-state index contributed by atoms with van der Waals surface area (Å²) in [5, 5.41) is 0. The fourth-order valence-corrected chi connectivity index (χ4v) is 2.69. The number of carbonyl (C=O) groups is 1. The topological polar surface area (TPSA) is 105 Å². The van der Waals surface area contributed by atoms with Crippen molar-refractivity contribution in [1.82, 2.24) is 9.97 Å². The van der Waals surface area contributed by atoms with E-state index in [9.17, 15) is 14.0 Å². The van der Waals surface area contributed by atoms with E-state index in [1.54, 1.807) is 7.05 Å². The first-order valence-electron chi connectivity index (χ1n) is 7.51. The lowest BCUT2D eigenvalue weighted by molar-refractivity contribution is -0.110. The van der Waals surface area contributed by atoms with Gasteiger partial charge in [-0.3, -0.25) is 23.9 Å². The van der Waals surface area contributed by atoms with Crippen molar-refractivity contribution >= 4 is 23.9 Å². The second-order valence-corrected chi connectivity index (χ2v) is 5.46. The molecular weight excluding hydrogens is 317 g/mol. The number of carbonyl (C=O) groups excluding carboxylic acids is 1. The Morgan fingerprint density at radius 1 is 1.58 bits per heavy atom. The molecule has 1 aromatic rings. The van der Waals surface area contributed by atoms with Crippen molar-refractivity contribution in [3.05, 3.63) is 10.4 Å². The number of amides is 1. The molecule has 0 radical (unpaired) electrons. The number of alkyl halides is 1. The Bertz CT molecular complexity index is 687. The van der Waals surface area contributed by atoms with Crippen molar-refractivity contribution in [2.24, 2.45) is 0 Å². The van der Waals surface area contributed by atoms with Crippen LogP contribution in [0.3, 0.4) is 0 Å². The van der Waals surface area contributed by atoms with Gasteiger partial charge in [-0.15, -0.1) is 6.42 Å². The van der Waals surface area contributed by atoms with Crippen LogP contribution < -0.4 is 21.1 Å². The fourth-order valence-electron chi connectivity index (χ4n) is 2.69. The molecule has 0 aliphatic carbocycles. The Morgan fingerprint density at radius 3 is 2.96 bits per heavy atom. The number of H-pyrrole nitrogens is 1. The number of anilines is 3. The first-order chi connectivity index (χ1) is 11.5. The average Bonchev–Trinajstić information content (AvgIpc) is 2.96. The molecular formula is C15H20FN5O3. The van der Waals surface area contributed by atoms with Gasteiger partial charge < -0.3 is 15.4 Å². The van der Waals surface area contributed by atoms with Gasteiger partial charge in [0, 0.05) is 13.5 Å². The minimum atomic E-state index is -0.634. The quantitative estimate of drug-likeness (QED) is 0.546. The number of nitrogens with one attached hydrogen (secondary N) is 1. The highest BCUT2D eigenvalue weighted by Crippen LogP contribution is 2.30. The zero-order valence-electron chi connectivity index (χ0n) is 13.4. The van der Waals surface area contributed by atoms with Crippen LogP contribution in [-0.4, -0.2) is 49.0 Å². The number of hydrogen-bond donors (Lipinski definition) is 2. The first kappa shape index (κ1) is 17.7. The van der Waals surface area contributed by atoms with E-state index in [1.807, 2.05) is 0 Å². The van der Waals surface area contributed by atoms with E-state index in [-0.39, 0.29) is 36.5 Å². The lowest BCUT2D eigenvalue weighted by Gasteiger charge is -2.28. The third-order valence-electron chi connectivity index (χ3n) is 3.79. The molecule has 1 aliphatic rings. The molecule has 24 heavy (non-hydrogen) atoms. The molecule has 130 valence electrons. The minimum Gasteiger partial charge on any atom is -0.369 e. The van der Waals surface area contributed by atoms with E-state index in [0.717, 1.165) is 0 Å². The molecule has 1 fully saturated rings. The number of rotatable bonds is 7. The lowest BCUT2D eigenvalue weighted by atomic mass is 10.2. The Labute approximate surface area is 138 Å². The van der Waals surface area contributed by atoms with Crippen LogP contribution in [0, 0.1) is 12.3 Å². The van der Waals surface area contributed by atoms with Gasteiger partial charge in [-0.25, -0.2) is 0 Å². The summed E-state index contributed by atoms with van der Waals surface area (Å²) < 4.78 is 18.2. The number of hydrogen-bond acceptors (Lipinski definition) is 6. The van der Waals surface area contributed by atoms with Crippen LogP contribution in [0.2, 0.25) is 0 Å². The molecule has 3 N–H and O–H groups in total. The number of aromatic amines is 1. The number of halogens is 1. The van der Waals surface area contributed by atoms with Crippen molar-refractivity contribution < 1.29 is 13.9 Å². The van der Waals surface area contributed by atoms with Gasteiger partial charge in [-0.2, -0.15) is 4.98 Å². The standard InChI is InChI=1S/C15H20FN5O3/c1-3-8-20(2)12-13(18-15(17)19-14(12)23)21(9-22)11-5-4-10(24-11)6-7-16/h1,9-11H,4-8H2,2H3,(H3,17,18,19,23). The van der Waals surface area contributed by atoms with Crippen LogP contribution in [0.25, 0.3) is 0 Å². The molecule has 9 heteroatoms. The summed E-state index contributed by atoms with van der Waals surface area (Å²) >= 11 is 0. The maximum Gasteiger partial charge on any atom is 0.278 e. The number of nitrogen functional groups attached to an aromatic ring is 1. The van der Waals surface area contributed by atoms with Gasteiger partial charge in [0.05, 0.1) is 19.3 Å². The molecule has 0 spiro atoms. The second kappa shape index (κ2) is 7.79. The molecule has 2 atom stereocenters. The Hall–Kier alpha value is -2.60. The lowest BCUT2D eigenvalue weighted by Crippen LogP contribution is -2.39. The Morgan fingerprint density at radius 2 is 2.33 bits per heavy atom. The molecule has 2 heterocycles. The summed E-state index contributed by atoms with van der Waals surface area (Å²) in [5.74, 6) is 2.36. The second-order valence-electron chi connectivity index (χ2n) is 5.46. The molecule has 0 saturated carbocycles. The van der Waals surface area contributed by atoms with Crippen molar-refractivity contribution in [2.75, 3.05) is 35.8 Å². The summed E-state index contributed by atoms with van der Waals surface area (Å²) in [6.07, 6.45) is 6.30. The smallest absolute Gasteiger partial charge is 0.278 e. The number of nitrogens with two attached hydrogens (primary N) is 1. The zero-order valence-corrected chi connectivity index (χ0v) is 13.4. The van der Waals surface area contributed by atoms with E-state index in [2.05, 4.69) is 15.9 Å². The van der Waals surface area contributed by atoms with E-state index in [4.69, 9.17) is 16.9 Å². The SMILES string of the molecule is C#CCN(C)c1c(N(C=O)C2CCC(CCF)O2)nc(N)[nH]c1=O. The minimum absolute atomic E-state index is 0.0647. The summed E-state index contributed by atoms with van der Waals surface area (Å²) in [4.78, 5) is 33.0. The van der Waals surface area contributed by atoms with Gasteiger partial charge in [0.15, 0.2) is 5.82 Å². The number of aromatic nitrogens is 2. The summed E-state index contributed by atoms with van der Waals surface area (Å²) in [7, 11) is 1.61. The van der Waals surface area contributed by atoms with Crippen molar-refractivity contribution in [1.29, 1.82) is 0 Å². The molecule has 1 amide bonds. The van der Waals surface area contributed by atoms with Crippen molar-refractivity contribution in [2.45, 2.75) is 31.6 Å². The third-order valence-corrected chi connectivity index (χ3v) is 3.79. The first-order valence-corrected chi connectivity index (χ1v) is 7.51. The maximum atomic E-state index is 12.5. The van der Waals surface area contributed by atoms with Gasteiger partial charge in [-0.05, 0) is 12.8 Å². The highest BCUT2D eigenvalue weighted by atomic mass is 19.1. The molecule has 2 unspecified atom stereocenters. The number of nitrogens with zero attached hydrogens (tertiary/aromatic N) is 3. The zero-order chi connectivity index (χ0) is 17.7.